The molecule has 0 amide bonds. The van der Waals surface area contributed by atoms with Crippen molar-refractivity contribution in [2.75, 3.05) is 0 Å². The Morgan fingerprint density at radius 3 is 1.92 bits per heavy atom. The van der Waals surface area contributed by atoms with E-state index in [4.69, 9.17) is 14.1 Å². The van der Waals surface area contributed by atoms with Gasteiger partial charge in [0.1, 0.15) is 11.6 Å². The number of hydrogen-bond acceptors (Lipinski definition) is 3. The monoisotopic (exact) mass is 1030 g/mol. The van der Waals surface area contributed by atoms with Gasteiger partial charge >= 0.3 is 0 Å². The molecule has 0 saturated heterocycles. The number of phenolic OH excluding ortho intramolecular Hbond substituents is 1. The number of pyridine rings is 1. The quantitative estimate of drug-likeness (QED) is 0.162. The fraction of sp³-hybridized carbons (Fsp3) is 0.200. The molecule has 1 N–H and O–H groups in total. The summed E-state index contributed by atoms with van der Waals surface area (Å²) in [7, 11) is 0. The molecule has 9 aromatic rings. The fourth-order valence-corrected chi connectivity index (χ4v) is 8.67. The van der Waals surface area contributed by atoms with Crippen molar-refractivity contribution in [3.8, 4) is 78.6 Å². The molecule has 65 heavy (non-hydrogen) atoms. The molecule has 0 spiro atoms. The first kappa shape index (κ1) is 41.4. The zero-order valence-corrected chi connectivity index (χ0v) is 40.8. The van der Waals surface area contributed by atoms with Gasteiger partial charge in [0.2, 0.25) is 0 Å². The van der Waals surface area contributed by atoms with Crippen LogP contribution in [0.25, 0.3) is 83.9 Å². The normalized spacial score (nSPS) is 12.7. The molecular weight excluding hydrogens is 974 g/mol. The minimum Gasteiger partial charge on any atom is -0.507 e. The predicted octanol–water partition coefficient (Wildman–Crippen LogP) is 15.8. The van der Waals surface area contributed by atoms with Crippen molar-refractivity contribution in [2.24, 2.45) is 0 Å². The molecule has 5 heteroatoms. The Labute approximate surface area is 403 Å². The van der Waals surface area contributed by atoms with E-state index in [1.165, 1.54) is 5.56 Å². The molecule has 4 nitrogen and oxygen atoms in total. The Bertz CT molecular complexity index is 3320. The number of rotatable bonds is 7. The van der Waals surface area contributed by atoms with Crippen LogP contribution in [0, 0.1) is 33.7 Å². The fourth-order valence-electron chi connectivity index (χ4n) is 8.67. The van der Waals surface area contributed by atoms with E-state index < -0.39 is 6.85 Å². The van der Waals surface area contributed by atoms with Crippen molar-refractivity contribution >= 4 is 11.0 Å². The van der Waals surface area contributed by atoms with E-state index in [9.17, 15) is 5.11 Å². The van der Waals surface area contributed by atoms with E-state index in [0.717, 1.165) is 72.4 Å². The molecule has 2 aromatic heterocycles. The number of aromatic hydroxyl groups is 1. The number of phenols is 1. The second-order valence-corrected chi connectivity index (χ2v) is 19.3. The molecule has 0 aliphatic heterocycles. The van der Waals surface area contributed by atoms with Gasteiger partial charge in [-0.25, -0.2) is 4.98 Å². The van der Waals surface area contributed by atoms with Crippen LogP contribution in [0.5, 0.6) is 5.75 Å². The van der Waals surface area contributed by atoms with Gasteiger partial charge in [-0.05, 0) is 119 Å². The molecule has 328 valence electrons. The number of nitrogens with zero attached hydrogens (tertiary/aromatic N) is 3. The Balaban J connectivity index is 0.00000625. The van der Waals surface area contributed by atoms with Gasteiger partial charge in [-0.15, -0.1) is 29.3 Å². The predicted molar refractivity (Wildman–Crippen MR) is 268 cm³/mol. The third-order valence-electron chi connectivity index (χ3n) is 12.3. The van der Waals surface area contributed by atoms with Crippen LogP contribution in [0.2, 0.25) is 0 Å². The maximum Gasteiger partial charge on any atom is 0.148 e. The van der Waals surface area contributed by atoms with Crippen molar-refractivity contribution in [3.63, 3.8) is 0 Å². The van der Waals surface area contributed by atoms with Crippen LogP contribution in [-0.4, -0.2) is 19.6 Å². The van der Waals surface area contributed by atoms with Crippen molar-refractivity contribution in [1.82, 2.24) is 14.5 Å². The smallest absolute Gasteiger partial charge is 0.148 e. The van der Waals surface area contributed by atoms with E-state index >= 15 is 0 Å². The number of fused-ring (bicyclic) bond motifs is 1. The second kappa shape index (κ2) is 17.6. The maximum atomic E-state index is 12.0. The number of aromatic nitrogens is 3. The molecule has 0 fully saturated rings. The Kier molecular flexibility index (Phi) is 11.2. The molecule has 0 aliphatic carbocycles. The van der Waals surface area contributed by atoms with Gasteiger partial charge in [-0.2, -0.15) is 0 Å². The summed E-state index contributed by atoms with van der Waals surface area (Å²) < 4.78 is 29.1. The standard InChI is InChI=1S/C60H56N3O.Pt/c1-37-19-21-41(22-20-37)44-27-28-61-53(35-44)46-32-45(33-48(34-46)60(8,9)10)49-17-14-18-54-56(49)62-58(52-30-38(2)29-40(4)57(52)64)63(54)55-31-39(3)50(36-51(55)42-15-12-11-13-16-42)43-23-25-47(26-24-43)59(5,6)7;/h11-31,33-36,64H,1-10H3;/q-1;/i3D3;. The summed E-state index contributed by atoms with van der Waals surface area (Å²) in [6.45, 7) is 16.6. The van der Waals surface area contributed by atoms with Crippen LogP contribution in [0.1, 0.15) is 79.0 Å². The van der Waals surface area contributed by atoms with Crippen molar-refractivity contribution in [2.45, 2.75) is 80.0 Å². The average Bonchev–Trinajstić information content (AvgIpc) is 3.69. The zero-order chi connectivity index (χ0) is 47.6. The van der Waals surface area contributed by atoms with Gasteiger partial charge in [0.15, 0.2) is 0 Å². The summed E-state index contributed by atoms with van der Waals surface area (Å²) >= 11 is 0. The topological polar surface area (TPSA) is 50.9 Å². The zero-order valence-electron chi connectivity index (χ0n) is 41.5. The summed E-state index contributed by atoms with van der Waals surface area (Å²) in [5.74, 6) is 0.599. The maximum absolute atomic E-state index is 12.0. The van der Waals surface area contributed by atoms with E-state index in [2.05, 4.69) is 127 Å². The van der Waals surface area contributed by atoms with E-state index in [1.807, 2.05) is 97.4 Å². The van der Waals surface area contributed by atoms with Crippen LogP contribution in [0.15, 0.2) is 152 Å². The number of aryl methyl sites for hydroxylation is 4. The summed E-state index contributed by atoms with van der Waals surface area (Å²) in [5.41, 5.74) is 16.4. The van der Waals surface area contributed by atoms with Crippen LogP contribution in [0.4, 0.5) is 0 Å². The minimum atomic E-state index is -2.48. The summed E-state index contributed by atoms with van der Waals surface area (Å²) in [4.78, 5) is 10.4. The number of imidazole rings is 1. The first-order chi connectivity index (χ1) is 31.7. The molecular formula is C60H56N3OPt-. The van der Waals surface area contributed by atoms with E-state index in [0.29, 0.717) is 33.7 Å². The minimum absolute atomic E-state index is 0. The molecule has 0 radical (unpaired) electrons. The summed E-state index contributed by atoms with van der Waals surface area (Å²) in [5, 5.41) is 12.0. The first-order valence-electron chi connectivity index (χ1n) is 23.5. The van der Waals surface area contributed by atoms with E-state index in [-0.39, 0.29) is 43.2 Å². The van der Waals surface area contributed by atoms with E-state index in [1.54, 1.807) is 0 Å². The molecule has 2 heterocycles. The first-order valence-corrected chi connectivity index (χ1v) is 22.0. The summed E-state index contributed by atoms with van der Waals surface area (Å²) in [6.07, 6.45) is 1.86. The van der Waals surface area contributed by atoms with Crippen LogP contribution in [0.3, 0.4) is 0 Å². The molecule has 0 bridgehead atoms. The van der Waals surface area contributed by atoms with Crippen molar-refractivity contribution in [1.29, 1.82) is 0 Å². The SMILES string of the molecule is [2H]C([2H])([2H])c1cc(-n2c(-c3cc(C)cc(C)c3O)nc3c(-c4[c-]c(-c5cc(-c6ccc(C)cc6)ccn5)cc(C(C)(C)C)c4)cccc32)c(-c2ccccc2)cc1-c1ccc(C(C)(C)C)cc1.[Pt]. The Morgan fingerprint density at radius 2 is 1.23 bits per heavy atom. The summed E-state index contributed by atoms with van der Waals surface area (Å²) in [6, 6.07) is 53.0. The Hall–Kier alpha value is -6.35. The van der Waals surface area contributed by atoms with Gasteiger partial charge in [0.05, 0.1) is 22.3 Å². The van der Waals surface area contributed by atoms with Gasteiger partial charge in [0, 0.05) is 42.6 Å². The number of benzene rings is 7. The average molecular weight is 1030 g/mol. The van der Waals surface area contributed by atoms with Gasteiger partial charge < -0.3 is 5.11 Å². The Morgan fingerprint density at radius 1 is 0.554 bits per heavy atom. The number of para-hydroxylation sites is 1. The molecule has 0 aliphatic rings. The van der Waals surface area contributed by atoms with Crippen LogP contribution < -0.4 is 0 Å². The molecule has 9 rings (SSSR count). The van der Waals surface area contributed by atoms with Crippen LogP contribution >= 0.6 is 0 Å². The van der Waals surface area contributed by atoms with Gasteiger partial charge in [-0.3, -0.25) is 9.55 Å². The van der Waals surface area contributed by atoms with Crippen molar-refractivity contribution in [3.05, 3.63) is 191 Å². The van der Waals surface area contributed by atoms with Gasteiger partial charge in [0.25, 0.3) is 0 Å². The largest absolute Gasteiger partial charge is 0.507 e. The molecule has 0 saturated carbocycles. The third-order valence-corrected chi connectivity index (χ3v) is 12.3. The van der Waals surface area contributed by atoms with Gasteiger partial charge in [-0.1, -0.05) is 161 Å². The molecule has 0 atom stereocenters. The molecule has 7 aromatic carbocycles. The second-order valence-electron chi connectivity index (χ2n) is 19.3. The molecule has 0 unspecified atom stereocenters. The third kappa shape index (κ3) is 8.90. The number of hydrogen-bond donors (Lipinski definition) is 1. The van der Waals surface area contributed by atoms with Crippen molar-refractivity contribution < 1.29 is 30.3 Å². The van der Waals surface area contributed by atoms with Crippen LogP contribution in [-0.2, 0) is 31.9 Å².